The largest absolute Gasteiger partial charge is 0.341 e. The number of nitrogens with zero attached hydrogens (tertiary/aromatic N) is 1. The third-order valence-corrected chi connectivity index (χ3v) is 1.54. The molecule has 2 amide bonds. The molecule has 0 rings (SSSR count). The summed E-state index contributed by atoms with van der Waals surface area (Å²) < 4.78 is 0. The number of nitrogens with one attached hydrogen (secondary N) is 2. The first-order valence-corrected chi connectivity index (χ1v) is 4.27. The van der Waals surface area contributed by atoms with E-state index in [1.807, 2.05) is 14.1 Å². The molecule has 0 aliphatic carbocycles. The summed E-state index contributed by atoms with van der Waals surface area (Å²) in [7, 11) is 5.72. The Morgan fingerprint density at radius 1 is 1.33 bits per heavy atom. The Morgan fingerprint density at radius 3 is 2.50 bits per heavy atom. The predicted octanol–water partition coefficient (Wildman–Crippen LogP) is 0.257. The van der Waals surface area contributed by atoms with Crippen LogP contribution in [0.3, 0.4) is 0 Å². The van der Waals surface area contributed by atoms with Gasteiger partial charge < -0.3 is 15.5 Å². The van der Waals surface area contributed by atoms with Gasteiger partial charge in [0, 0.05) is 13.6 Å². The number of amides is 2. The second-order valence-electron chi connectivity index (χ2n) is 3.02. The van der Waals surface area contributed by atoms with Gasteiger partial charge >= 0.3 is 6.03 Å². The molecule has 0 aliphatic rings. The molecule has 0 radical (unpaired) electrons. The van der Waals surface area contributed by atoms with Crippen LogP contribution < -0.4 is 10.6 Å². The third-order valence-electron chi connectivity index (χ3n) is 1.54. The van der Waals surface area contributed by atoms with Crippen molar-refractivity contribution in [2.24, 2.45) is 0 Å². The zero-order chi connectivity index (χ0) is 9.40. The zero-order valence-electron chi connectivity index (χ0n) is 8.18. The molecule has 0 aromatic rings. The SMILES string of the molecule is CNC(=O)NCCCCN(C)C. The normalized spacial score (nSPS) is 10.0. The molecule has 12 heavy (non-hydrogen) atoms. The number of carbonyl (C=O) groups excluding carboxylic acids is 1. The van der Waals surface area contributed by atoms with Gasteiger partial charge in [0.25, 0.3) is 0 Å². The predicted molar refractivity (Wildman–Crippen MR) is 50.2 cm³/mol. The van der Waals surface area contributed by atoms with Crippen LogP contribution in [0, 0.1) is 0 Å². The van der Waals surface area contributed by atoms with E-state index in [2.05, 4.69) is 15.5 Å². The van der Waals surface area contributed by atoms with Gasteiger partial charge in [-0.3, -0.25) is 0 Å². The first kappa shape index (κ1) is 11.2. The van der Waals surface area contributed by atoms with E-state index in [4.69, 9.17) is 0 Å². The summed E-state index contributed by atoms with van der Waals surface area (Å²) in [4.78, 5) is 12.8. The number of unbranched alkanes of at least 4 members (excludes halogenated alkanes) is 1. The molecule has 0 atom stereocenters. The van der Waals surface area contributed by atoms with Gasteiger partial charge in [0.1, 0.15) is 0 Å². The highest BCUT2D eigenvalue weighted by Gasteiger charge is 1.94. The number of hydrogen-bond donors (Lipinski definition) is 2. The van der Waals surface area contributed by atoms with Crippen LogP contribution in [0.5, 0.6) is 0 Å². The molecule has 4 heteroatoms. The summed E-state index contributed by atoms with van der Waals surface area (Å²) in [5.41, 5.74) is 0. The van der Waals surface area contributed by atoms with E-state index < -0.39 is 0 Å². The van der Waals surface area contributed by atoms with Crippen LogP contribution >= 0.6 is 0 Å². The number of rotatable bonds is 5. The Morgan fingerprint density at radius 2 is 2.00 bits per heavy atom. The summed E-state index contributed by atoms with van der Waals surface area (Å²) >= 11 is 0. The summed E-state index contributed by atoms with van der Waals surface area (Å²) in [5.74, 6) is 0. The van der Waals surface area contributed by atoms with Crippen molar-refractivity contribution >= 4 is 6.03 Å². The van der Waals surface area contributed by atoms with Gasteiger partial charge in [-0.1, -0.05) is 0 Å². The highest BCUT2D eigenvalue weighted by Crippen LogP contribution is 1.88. The lowest BCUT2D eigenvalue weighted by Gasteiger charge is -2.08. The molecule has 0 heterocycles. The fraction of sp³-hybridized carbons (Fsp3) is 0.875. The fourth-order valence-corrected chi connectivity index (χ4v) is 0.843. The van der Waals surface area contributed by atoms with Crippen molar-refractivity contribution < 1.29 is 4.79 Å². The summed E-state index contributed by atoms with van der Waals surface area (Å²) in [5, 5.41) is 5.24. The summed E-state index contributed by atoms with van der Waals surface area (Å²) in [6.45, 7) is 1.84. The number of urea groups is 1. The second kappa shape index (κ2) is 6.91. The van der Waals surface area contributed by atoms with E-state index in [1.165, 1.54) is 0 Å². The van der Waals surface area contributed by atoms with Crippen molar-refractivity contribution in [3.63, 3.8) is 0 Å². The lowest BCUT2D eigenvalue weighted by molar-refractivity contribution is 0.242. The molecule has 0 spiro atoms. The minimum atomic E-state index is -0.0974. The Kier molecular flexibility index (Phi) is 6.47. The lowest BCUT2D eigenvalue weighted by atomic mass is 10.3. The Bertz CT molecular complexity index is 125. The third kappa shape index (κ3) is 7.34. The molecule has 2 N–H and O–H groups in total. The van der Waals surface area contributed by atoms with Gasteiger partial charge in [-0.2, -0.15) is 0 Å². The average molecular weight is 173 g/mol. The second-order valence-corrected chi connectivity index (χ2v) is 3.02. The maximum absolute atomic E-state index is 10.7. The van der Waals surface area contributed by atoms with Gasteiger partial charge in [-0.25, -0.2) is 4.79 Å². The smallest absolute Gasteiger partial charge is 0.314 e. The minimum Gasteiger partial charge on any atom is -0.341 e. The van der Waals surface area contributed by atoms with E-state index in [0.29, 0.717) is 0 Å². The molecule has 0 aliphatic heterocycles. The summed E-state index contributed by atoms with van der Waals surface area (Å²) in [6, 6.07) is -0.0974. The number of hydrogen-bond acceptors (Lipinski definition) is 2. The topological polar surface area (TPSA) is 44.4 Å². The molecular formula is C8H19N3O. The Labute approximate surface area is 74.3 Å². The van der Waals surface area contributed by atoms with Crippen molar-refractivity contribution in [1.29, 1.82) is 0 Å². The van der Waals surface area contributed by atoms with Gasteiger partial charge in [0.05, 0.1) is 0 Å². The highest BCUT2D eigenvalue weighted by atomic mass is 16.2. The Hall–Kier alpha value is -0.770. The summed E-state index contributed by atoms with van der Waals surface area (Å²) in [6.07, 6.45) is 2.16. The molecule has 0 fully saturated rings. The number of carbonyl (C=O) groups is 1. The average Bonchev–Trinajstić information content (AvgIpc) is 2.03. The first-order valence-electron chi connectivity index (χ1n) is 4.27. The first-order chi connectivity index (χ1) is 5.66. The van der Waals surface area contributed by atoms with Crippen LogP contribution in [-0.2, 0) is 0 Å². The van der Waals surface area contributed by atoms with E-state index >= 15 is 0 Å². The fourth-order valence-electron chi connectivity index (χ4n) is 0.843. The highest BCUT2D eigenvalue weighted by molar-refractivity contribution is 5.73. The van der Waals surface area contributed by atoms with E-state index in [9.17, 15) is 4.79 Å². The minimum absolute atomic E-state index is 0.0974. The van der Waals surface area contributed by atoms with E-state index in [0.717, 1.165) is 25.9 Å². The molecule has 4 nitrogen and oxygen atoms in total. The molecule has 0 aromatic carbocycles. The van der Waals surface area contributed by atoms with Crippen molar-refractivity contribution in [2.45, 2.75) is 12.8 Å². The van der Waals surface area contributed by atoms with Crippen LogP contribution in [0.25, 0.3) is 0 Å². The van der Waals surface area contributed by atoms with Crippen molar-refractivity contribution in [1.82, 2.24) is 15.5 Å². The van der Waals surface area contributed by atoms with Crippen LogP contribution in [0.4, 0.5) is 4.79 Å². The van der Waals surface area contributed by atoms with Crippen LogP contribution in [0.1, 0.15) is 12.8 Å². The van der Waals surface area contributed by atoms with Crippen LogP contribution in [0.2, 0.25) is 0 Å². The van der Waals surface area contributed by atoms with Gasteiger partial charge in [-0.05, 0) is 33.5 Å². The lowest BCUT2D eigenvalue weighted by Crippen LogP contribution is -2.33. The van der Waals surface area contributed by atoms with Gasteiger partial charge in [0.15, 0.2) is 0 Å². The standard InChI is InChI=1S/C8H19N3O/c1-9-8(12)10-6-4-5-7-11(2)3/h4-7H2,1-3H3,(H2,9,10,12). The van der Waals surface area contributed by atoms with E-state index in [-0.39, 0.29) is 6.03 Å². The molecule has 0 bridgehead atoms. The van der Waals surface area contributed by atoms with Crippen LogP contribution in [0.15, 0.2) is 0 Å². The molecule has 0 unspecified atom stereocenters. The molecular weight excluding hydrogens is 154 g/mol. The molecule has 0 saturated carbocycles. The van der Waals surface area contributed by atoms with Crippen LogP contribution in [-0.4, -0.2) is 45.2 Å². The molecule has 0 saturated heterocycles. The molecule has 72 valence electrons. The quantitative estimate of drug-likeness (QED) is 0.586. The maximum Gasteiger partial charge on any atom is 0.314 e. The Balaban J connectivity index is 3.05. The van der Waals surface area contributed by atoms with Crippen molar-refractivity contribution in [2.75, 3.05) is 34.2 Å². The van der Waals surface area contributed by atoms with E-state index in [1.54, 1.807) is 7.05 Å². The maximum atomic E-state index is 10.7. The molecule has 0 aromatic heterocycles. The van der Waals surface area contributed by atoms with Gasteiger partial charge in [0.2, 0.25) is 0 Å². The monoisotopic (exact) mass is 173 g/mol. The van der Waals surface area contributed by atoms with Gasteiger partial charge in [-0.15, -0.1) is 0 Å². The van der Waals surface area contributed by atoms with Crippen molar-refractivity contribution in [3.05, 3.63) is 0 Å². The zero-order valence-corrected chi connectivity index (χ0v) is 8.18. The van der Waals surface area contributed by atoms with Crippen molar-refractivity contribution in [3.8, 4) is 0 Å².